The van der Waals surface area contributed by atoms with Crippen LogP contribution in [0.1, 0.15) is 61.7 Å². The van der Waals surface area contributed by atoms with Crippen molar-refractivity contribution in [1.29, 1.82) is 0 Å². The molecule has 35 heavy (non-hydrogen) atoms. The Morgan fingerprint density at radius 3 is 2.74 bits per heavy atom. The molecule has 8 nitrogen and oxygen atoms in total. The summed E-state index contributed by atoms with van der Waals surface area (Å²) in [5.41, 5.74) is 9.75. The monoisotopic (exact) mass is 537 g/mol. The number of nitrogens with zero attached hydrogens (tertiary/aromatic N) is 4. The minimum absolute atomic E-state index is 0.00862. The number of methoxy groups -OCH3 is 1. The molecule has 2 aliphatic carbocycles. The van der Waals surface area contributed by atoms with Gasteiger partial charge in [-0.3, -0.25) is 9.78 Å². The highest BCUT2D eigenvalue weighted by atomic mass is 79.9. The van der Waals surface area contributed by atoms with Crippen molar-refractivity contribution in [2.75, 3.05) is 12.8 Å². The molecule has 0 saturated heterocycles. The number of aliphatic hydroxyl groups is 1. The molecular weight excluding hydrogens is 510 g/mol. The number of carbonyl (C=O) groups excluding carboxylic acids is 1. The normalized spacial score (nSPS) is 24.1. The summed E-state index contributed by atoms with van der Waals surface area (Å²) < 4.78 is 7.10. The average molecular weight is 538 g/mol. The van der Waals surface area contributed by atoms with E-state index < -0.39 is 11.6 Å². The second-order valence-corrected chi connectivity index (χ2v) is 10.2. The molecule has 0 aliphatic heterocycles. The number of hydrogen-bond acceptors (Lipinski definition) is 7. The number of halogens is 1. The number of allylic oxidation sites excluding steroid dienone is 4. The van der Waals surface area contributed by atoms with Gasteiger partial charge in [0.2, 0.25) is 0 Å². The molecule has 1 atom stereocenters. The van der Waals surface area contributed by atoms with Gasteiger partial charge in [-0.1, -0.05) is 30.4 Å². The first-order valence-corrected chi connectivity index (χ1v) is 12.6. The van der Waals surface area contributed by atoms with Gasteiger partial charge in [0.05, 0.1) is 35.5 Å². The van der Waals surface area contributed by atoms with E-state index in [1.54, 1.807) is 10.7 Å². The van der Waals surface area contributed by atoms with E-state index in [-0.39, 0.29) is 12.3 Å². The molecule has 0 spiro atoms. The molecule has 182 valence electrons. The van der Waals surface area contributed by atoms with Crippen LogP contribution in [0.15, 0.2) is 53.3 Å². The molecular formula is C26H28BrN5O3. The minimum atomic E-state index is -1.04. The molecule has 3 aromatic heterocycles. The van der Waals surface area contributed by atoms with Crippen molar-refractivity contribution in [3.63, 3.8) is 0 Å². The lowest BCUT2D eigenvalue weighted by Crippen LogP contribution is -2.36. The summed E-state index contributed by atoms with van der Waals surface area (Å²) in [7, 11) is 1.34. The van der Waals surface area contributed by atoms with Gasteiger partial charge in [-0.25, -0.2) is 4.98 Å². The second-order valence-electron chi connectivity index (χ2n) is 9.37. The van der Waals surface area contributed by atoms with Gasteiger partial charge >= 0.3 is 5.97 Å². The summed E-state index contributed by atoms with van der Waals surface area (Å²) in [5, 5.41) is 15.3. The lowest BCUT2D eigenvalue weighted by atomic mass is 9.76. The first kappa shape index (κ1) is 23.7. The highest BCUT2D eigenvalue weighted by Gasteiger charge is 2.37. The van der Waals surface area contributed by atoms with Crippen LogP contribution in [0.3, 0.4) is 0 Å². The Bertz CT molecular complexity index is 1310. The Balaban J connectivity index is 1.43. The van der Waals surface area contributed by atoms with Crippen LogP contribution in [0.25, 0.3) is 16.8 Å². The van der Waals surface area contributed by atoms with Gasteiger partial charge in [-0.15, -0.1) is 0 Å². The van der Waals surface area contributed by atoms with E-state index in [0.29, 0.717) is 47.5 Å². The van der Waals surface area contributed by atoms with Crippen molar-refractivity contribution in [3.8, 4) is 11.1 Å². The molecule has 0 amide bonds. The molecule has 0 radical (unpaired) electrons. The molecule has 0 aromatic carbocycles. The molecule has 3 N–H and O–H groups in total. The van der Waals surface area contributed by atoms with Crippen molar-refractivity contribution >= 4 is 33.4 Å². The summed E-state index contributed by atoms with van der Waals surface area (Å²) in [5.74, 6) is 0.480. The minimum Gasteiger partial charge on any atom is -0.469 e. The standard InChI is InChI=1S/C26H28BrN5O3/c1-35-21(33)13-26(34)11-9-17(10-12-26)23-22(27)24(28)32-25(31-23)19(15-30-32)18-7-8-20(29-14-18)16-5-3-2-4-6-16/h2-5,7-8,14-17,34H,6,9-13,28H2,1H3/t16?,17-,26-. The number of fused-ring (bicyclic) bond motifs is 1. The number of anilines is 1. The highest BCUT2D eigenvalue weighted by molar-refractivity contribution is 9.10. The summed E-state index contributed by atoms with van der Waals surface area (Å²) in [4.78, 5) is 21.4. The Hall–Kier alpha value is -3.04. The number of aromatic nitrogens is 4. The number of carbonyl (C=O) groups is 1. The average Bonchev–Trinajstić information content (AvgIpc) is 3.31. The zero-order chi connectivity index (χ0) is 24.6. The number of hydrogen-bond donors (Lipinski definition) is 2. The van der Waals surface area contributed by atoms with Gasteiger partial charge < -0.3 is 15.6 Å². The van der Waals surface area contributed by atoms with Crippen molar-refractivity contribution in [1.82, 2.24) is 19.6 Å². The van der Waals surface area contributed by atoms with Crippen LogP contribution >= 0.6 is 15.9 Å². The molecule has 1 unspecified atom stereocenters. The molecule has 3 aromatic rings. The lowest BCUT2D eigenvalue weighted by molar-refractivity contribution is -0.147. The van der Waals surface area contributed by atoms with Crippen LogP contribution in [-0.2, 0) is 9.53 Å². The van der Waals surface area contributed by atoms with E-state index in [4.69, 9.17) is 20.4 Å². The Labute approximate surface area is 212 Å². The van der Waals surface area contributed by atoms with E-state index in [0.717, 1.165) is 28.9 Å². The van der Waals surface area contributed by atoms with Crippen molar-refractivity contribution in [3.05, 3.63) is 64.7 Å². The van der Waals surface area contributed by atoms with Crippen LogP contribution in [0, 0.1) is 0 Å². The molecule has 5 rings (SSSR count). The fraction of sp³-hybridized carbons (Fsp3) is 0.385. The number of rotatable bonds is 5. The van der Waals surface area contributed by atoms with Crippen LogP contribution in [-0.4, -0.2) is 43.4 Å². The molecule has 1 saturated carbocycles. The SMILES string of the molecule is COC(=O)C[C@]1(O)CC[C@H](c2nc3c(-c4ccc(C5C=CC=CC5)nc4)cnn3c(N)c2Br)CC1. The summed E-state index contributed by atoms with van der Waals surface area (Å²) >= 11 is 3.63. The highest BCUT2D eigenvalue weighted by Crippen LogP contribution is 2.43. The zero-order valence-electron chi connectivity index (χ0n) is 19.5. The maximum absolute atomic E-state index is 11.7. The fourth-order valence-electron chi connectivity index (χ4n) is 5.02. The molecule has 9 heteroatoms. The largest absolute Gasteiger partial charge is 0.469 e. The van der Waals surface area contributed by atoms with Crippen molar-refractivity contribution in [2.45, 2.75) is 56.0 Å². The third-order valence-electron chi connectivity index (χ3n) is 7.11. The molecule has 1 fully saturated rings. The van der Waals surface area contributed by atoms with E-state index in [2.05, 4.69) is 57.5 Å². The van der Waals surface area contributed by atoms with Gasteiger partial charge in [0.15, 0.2) is 5.65 Å². The molecule has 0 bridgehead atoms. The smallest absolute Gasteiger partial charge is 0.308 e. The summed E-state index contributed by atoms with van der Waals surface area (Å²) in [6.07, 6.45) is 15.4. The first-order valence-electron chi connectivity index (χ1n) is 11.8. The van der Waals surface area contributed by atoms with Gasteiger partial charge in [-0.05, 0) is 54.1 Å². The number of nitrogen functional groups attached to an aromatic ring is 1. The topological polar surface area (TPSA) is 116 Å². The van der Waals surface area contributed by atoms with Crippen molar-refractivity contribution < 1.29 is 14.6 Å². The predicted octanol–water partition coefficient (Wildman–Crippen LogP) is 4.69. The number of esters is 1. The van der Waals surface area contributed by atoms with Crippen molar-refractivity contribution in [2.24, 2.45) is 0 Å². The third-order valence-corrected chi connectivity index (χ3v) is 7.92. The van der Waals surface area contributed by atoms with E-state index in [1.165, 1.54) is 7.11 Å². The Morgan fingerprint density at radius 1 is 1.29 bits per heavy atom. The van der Waals surface area contributed by atoms with E-state index in [1.807, 2.05) is 6.20 Å². The Kier molecular flexibility index (Phi) is 6.46. The van der Waals surface area contributed by atoms with Crippen LogP contribution < -0.4 is 5.73 Å². The summed E-state index contributed by atoms with van der Waals surface area (Å²) in [6.45, 7) is 0. The number of ether oxygens (including phenoxy) is 1. The number of pyridine rings is 1. The van der Waals surface area contributed by atoms with E-state index in [9.17, 15) is 9.90 Å². The van der Waals surface area contributed by atoms with Gasteiger partial charge in [0, 0.05) is 34.9 Å². The predicted molar refractivity (Wildman–Crippen MR) is 137 cm³/mol. The lowest BCUT2D eigenvalue weighted by Gasteiger charge is -2.35. The molecule has 3 heterocycles. The summed E-state index contributed by atoms with van der Waals surface area (Å²) in [6, 6.07) is 4.11. The quantitative estimate of drug-likeness (QED) is 0.453. The van der Waals surface area contributed by atoms with Gasteiger partial charge in [-0.2, -0.15) is 9.61 Å². The van der Waals surface area contributed by atoms with Crippen LogP contribution in [0.4, 0.5) is 5.82 Å². The maximum Gasteiger partial charge on any atom is 0.308 e. The Morgan fingerprint density at radius 2 is 2.09 bits per heavy atom. The number of nitrogens with two attached hydrogens (primary N) is 1. The zero-order valence-corrected chi connectivity index (χ0v) is 21.1. The first-order chi connectivity index (χ1) is 16.9. The van der Waals surface area contributed by atoms with Gasteiger partial charge in [0.1, 0.15) is 5.82 Å². The molecule has 2 aliphatic rings. The van der Waals surface area contributed by atoms with Crippen LogP contribution in [0.5, 0.6) is 0 Å². The maximum atomic E-state index is 11.7. The fourth-order valence-corrected chi connectivity index (χ4v) is 5.60. The third kappa shape index (κ3) is 4.62. The van der Waals surface area contributed by atoms with Crippen LogP contribution in [0.2, 0.25) is 0 Å². The van der Waals surface area contributed by atoms with E-state index >= 15 is 0 Å². The second kappa shape index (κ2) is 9.54. The van der Waals surface area contributed by atoms with Gasteiger partial charge in [0.25, 0.3) is 0 Å².